The molecule has 5 rings (SSSR count). The van der Waals surface area contributed by atoms with Gasteiger partial charge in [-0.05, 0) is 73.0 Å². The molecule has 3 aliphatic carbocycles. The first-order chi connectivity index (χ1) is 23.0. The lowest BCUT2D eigenvalue weighted by atomic mass is 9.70. The number of nitrogens with one attached hydrogen (secondary N) is 4. The standard InChI is InChI=1S/C37H60N6O6/c1-8-24(29(45)32(47)38-22-15-16-22)39-31(46)28-27-23(36(27,5)6)20-43(28)33(48)30(37(7)17-11-9-12-18-37)41-34(49)40-25(35(2,3)4)21-42-19-13-10-14-26(42)44/h22-25,27-28,30H,8-21H2,1-7H3,(H,38,47)(H,39,46)(H2,40,41,49)/t23-,24?,25+,27-,28-,30+/m0/s1. The number of amides is 6. The maximum Gasteiger partial charge on any atom is 0.315 e. The van der Waals surface area contributed by atoms with Crippen LogP contribution in [0.25, 0.3) is 0 Å². The van der Waals surface area contributed by atoms with E-state index in [0.29, 0.717) is 26.1 Å². The maximum atomic E-state index is 14.8. The van der Waals surface area contributed by atoms with Crippen molar-refractivity contribution in [2.45, 2.75) is 149 Å². The van der Waals surface area contributed by atoms with E-state index < -0.39 is 47.2 Å². The average molecular weight is 685 g/mol. The number of ketones is 1. The molecule has 3 saturated carbocycles. The summed E-state index contributed by atoms with van der Waals surface area (Å²) in [5.41, 5.74) is -1.02. The van der Waals surface area contributed by atoms with Gasteiger partial charge in [-0.2, -0.15) is 0 Å². The zero-order valence-electron chi connectivity index (χ0n) is 30.8. The van der Waals surface area contributed by atoms with E-state index in [1.54, 1.807) is 11.8 Å². The summed E-state index contributed by atoms with van der Waals surface area (Å²) in [5.74, 6) is -1.95. The Morgan fingerprint density at radius 1 is 0.918 bits per heavy atom. The first-order valence-corrected chi connectivity index (χ1v) is 18.8. The average Bonchev–Trinajstić information content (AvgIpc) is 3.89. The van der Waals surface area contributed by atoms with Gasteiger partial charge in [-0.1, -0.05) is 67.7 Å². The lowest BCUT2D eigenvalue weighted by Gasteiger charge is -2.44. The van der Waals surface area contributed by atoms with Crippen molar-refractivity contribution in [2.24, 2.45) is 28.1 Å². The van der Waals surface area contributed by atoms with Crippen LogP contribution in [0.2, 0.25) is 0 Å². The van der Waals surface area contributed by atoms with Crippen LogP contribution in [-0.4, -0.2) is 95.1 Å². The van der Waals surface area contributed by atoms with Crippen molar-refractivity contribution >= 4 is 35.4 Å². The number of likely N-dealkylation sites (tertiary alicyclic amines) is 2. The van der Waals surface area contributed by atoms with E-state index >= 15 is 0 Å². The Morgan fingerprint density at radius 3 is 2.18 bits per heavy atom. The number of piperidine rings is 2. The highest BCUT2D eigenvalue weighted by molar-refractivity contribution is 6.38. The van der Waals surface area contributed by atoms with E-state index in [9.17, 15) is 28.8 Å². The highest BCUT2D eigenvalue weighted by Crippen LogP contribution is 2.65. The summed E-state index contributed by atoms with van der Waals surface area (Å²) < 4.78 is 0. The molecule has 0 radical (unpaired) electrons. The first kappa shape index (κ1) is 37.1. The largest absolute Gasteiger partial charge is 0.347 e. The third-order valence-corrected chi connectivity index (χ3v) is 12.3. The molecule has 5 fully saturated rings. The number of fused-ring (bicyclic) bond motifs is 1. The molecule has 0 aromatic carbocycles. The molecular formula is C37H60N6O6. The van der Waals surface area contributed by atoms with Gasteiger partial charge in [0.15, 0.2) is 0 Å². The molecule has 2 heterocycles. The number of rotatable bonds is 12. The van der Waals surface area contributed by atoms with Gasteiger partial charge in [0.2, 0.25) is 23.5 Å². The Labute approximate surface area is 292 Å². The molecule has 0 aromatic heterocycles. The predicted molar refractivity (Wildman–Crippen MR) is 185 cm³/mol. The Kier molecular flexibility index (Phi) is 10.8. The zero-order chi connectivity index (χ0) is 35.9. The molecule has 12 nitrogen and oxygen atoms in total. The topological polar surface area (TPSA) is 157 Å². The summed E-state index contributed by atoms with van der Waals surface area (Å²) >= 11 is 0. The molecule has 2 aliphatic heterocycles. The predicted octanol–water partition coefficient (Wildman–Crippen LogP) is 3.28. The van der Waals surface area contributed by atoms with Crippen molar-refractivity contribution < 1.29 is 28.8 Å². The number of carbonyl (C=O) groups excluding carboxylic acids is 6. The number of urea groups is 1. The van der Waals surface area contributed by atoms with E-state index in [2.05, 4.69) is 42.0 Å². The molecule has 0 spiro atoms. The summed E-state index contributed by atoms with van der Waals surface area (Å²) in [6.07, 6.45) is 8.75. The molecule has 5 aliphatic rings. The Bertz CT molecular complexity index is 1310. The number of Topliss-reactive ketones (excluding diaryl/α,β-unsaturated/α-hetero) is 1. The first-order valence-electron chi connectivity index (χ1n) is 18.8. The molecule has 49 heavy (non-hydrogen) atoms. The van der Waals surface area contributed by atoms with Crippen LogP contribution in [0.1, 0.15) is 119 Å². The second-order valence-corrected chi connectivity index (χ2v) is 17.5. The highest BCUT2D eigenvalue weighted by Gasteiger charge is 2.70. The van der Waals surface area contributed by atoms with E-state index in [1.807, 2.05) is 25.7 Å². The molecule has 0 bridgehead atoms. The minimum Gasteiger partial charge on any atom is -0.347 e. The third kappa shape index (κ3) is 8.08. The van der Waals surface area contributed by atoms with Crippen molar-refractivity contribution in [1.82, 2.24) is 31.1 Å². The van der Waals surface area contributed by atoms with Gasteiger partial charge in [0.25, 0.3) is 5.91 Å². The Balaban J connectivity index is 1.35. The summed E-state index contributed by atoms with van der Waals surface area (Å²) in [4.78, 5) is 84.4. The van der Waals surface area contributed by atoms with Gasteiger partial charge in [0.1, 0.15) is 12.1 Å². The Morgan fingerprint density at radius 2 is 1.59 bits per heavy atom. The summed E-state index contributed by atoms with van der Waals surface area (Å²) in [7, 11) is 0. The van der Waals surface area contributed by atoms with Crippen LogP contribution >= 0.6 is 0 Å². The van der Waals surface area contributed by atoms with E-state index in [0.717, 1.165) is 57.8 Å². The quantitative estimate of drug-likeness (QED) is 0.231. The van der Waals surface area contributed by atoms with Gasteiger partial charge < -0.3 is 31.1 Å². The van der Waals surface area contributed by atoms with Crippen molar-refractivity contribution in [3.8, 4) is 0 Å². The van der Waals surface area contributed by atoms with E-state index in [4.69, 9.17) is 0 Å². The summed E-state index contributed by atoms with van der Waals surface area (Å²) in [6, 6.07) is -3.45. The van der Waals surface area contributed by atoms with E-state index in [-0.39, 0.29) is 53.0 Å². The molecule has 4 N–H and O–H groups in total. The van der Waals surface area contributed by atoms with Gasteiger partial charge in [-0.15, -0.1) is 0 Å². The molecule has 6 atom stereocenters. The van der Waals surface area contributed by atoms with Gasteiger partial charge in [-0.25, -0.2) is 4.79 Å². The third-order valence-electron chi connectivity index (χ3n) is 12.3. The van der Waals surface area contributed by atoms with Gasteiger partial charge >= 0.3 is 6.03 Å². The van der Waals surface area contributed by atoms with Crippen LogP contribution in [0.5, 0.6) is 0 Å². The normalized spacial score (nSPS) is 27.7. The lowest BCUT2D eigenvalue weighted by molar-refractivity contribution is -0.146. The Hall–Kier alpha value is -3.18. The number of hydrogen-bond donors (Lipinski definition) is 4. The number of nitrogens with zero attached hydrogens (tertiary/aromatic N) is 2. The fourth-order valence-electron chi connectivity index (χ4n) is 8.56. The summed E-state index contributed by atoms with van der Waals surface area (Å²) in [6.45, 7) is 15.6. The molecule has 2 saturated heterocycles. The minimum atomic E-state index is -0.985. The van der Waals surface area contributed by atoms with Crippen LogP contribution in [0, 0.1) is 28.1 Å². The molecule has 274 valence electrons. The fourth-order valence-corrected chi connectivity index (χ4v) is 8.56. The van der Waals surface area contributed by atoms with Crippen LogP contribution in [0.15, 0.2) is 0 Å². The molecule has 1 unspecified atom stereocenters. The second kappa shape index (κ2) is 14.2. The zero-order valence-corrected chi connectivity index (χ0v) is 30.8. The molecule has 12 heteroatoms. The lowest BCUT2D eigenvalue weighted by Crippen LogP contribution is -2.64. The summed E-state index contributed by atoms with van der Waals surface area (Å²) in [5, 5.41) is 11.8. The van der Waals surface area contributed by atoms with Gasteiger partial charge in [-0.3, -0.25) is 24.0 Å². The monoisotopic (exact) mass is 684 g/mol. The van der Waals surface area contributed by atoms with Gasteiger partial charge in [0, 0.05) is 32.1 Å². The fraction of sp³-hybridized carbons (Fsp3) is 0.838. The van der Waals surface area contributed by atoms with Crippen LogP contribution in [-0.2, 0) is 24.0 Å². The minimum absolute atomic E-state index is 0.0225. The van der Waals surface area contributed by atoms with Crippen molar-refractivity contribution in [2.75, 3.05) is 19.6 Å². The number of hydrogen-bond acceptors (Lipinski definition) is 6. The van der Waals surface area contributed by atoms with Crippen LogP contribution in [0.3, 0.4) is 0 Å². The van der Waals surface area contributed by atoms with Gasteiger partial charge in [0.05, 0.1) is 12.1 Å². The molecule has 0 aromatic rings. The molecular weight excluding hydrogens is 624 g/mol. The smallest absolute Gasteiger partial charge is 0.315 e. The SMILES string of the molecule is CCC(NC(=O)[C@@H]1[C@@H]2[C@H](CN1C(=O)[C@@H](NC(=O)N[C@H](CN1CCCCC1=O)C(C)(C)C)C1(C)CCCCC1)C2(C)C)C(=O)C(=O)NC1CC1. The number of carbonyl (C=O) groups is 6. The van der Waals surface area contributed by atoms with Crippen molar-refractivity contribution in [3.63, 3.8) is 0 Å². The highest BCUT2D eigenvalue weighted by atomic mass is 16.2. The van der Waals surface area contributed by atoms with Crippen molar-refractivity contribution in [3.05, 3.63) is 0 Å². The van der Waals surface area contributed by atoms with Crippen LogP contribution < -0.4 is 21.3 Å². The molecule has 6 amide bonds. The second-order valence-electron chi connectivity index (χ2n) is 17.5. The van der Waals surface area contributed by atoms with E-state index in [1.165, 1.54) is 0 Å². The van der Waals surface area contributed by atoms with Crippen molar-refractivity contribution in [1.29, 1.82) is 0 Å². The van der Waals surface area contributed by atoms with Crippen LogP contribution in [0.4, 0.5) is 4.79 Å². The maximum absolute atomic E-state index is 14.8.